The summed E-state index contributed by atoms with van der Waals surface area (Å²) in [4.78, 5) is 6.74. The monoisotopic (exact) mass is 370 g/mol. The molecule has 1 saturated heterocycles. The molecule has 0 spiro atoms. The van der Waals surface area contributed by atoms with Crippen LogP contribution in [0.1, 0.15) is 41.6 Å². The molecular formula is C18H21F3N2OS. The summed E-state index contributed by atoms with van der Waals surface area (Å²) in [6.45, 7) is 4.05. The second-order valence-corrected chi connectivity index (χ2v) is 7.42. The molecule has 1 aliphatic heterocycles. The van der Waals surface area contributed by atoms with Crippen LogP contribution in [0.3, 0.4) is 0 Å². The number of alkyl halides is 3. The molecule has 1 fully saturated rings. The molecule has 1 aliphatic rings. The molecule has 0 amide bonds. The highest BCUT2D eigenvalue weighted by atomic mass is 32.1. The van der Waals surface area contributed by atoms with E-state index in [4.69, 9.17) is 0 Å². The lowest BCUT2D eigenvalue weighted by Crippen LogP contribution is -2.42. The summed E-state index contributed by atoms with van der Waals surface area (Å²) < 4.78 is 38.7. The van der Waals surface area contributed by atoms with Crippen LogP contribution in [0.25, 0.3) is 0 Å². The Labute approximate surface area is 149 Å². The van der Waals surface area contributed by atoms with Gasteiger partial charge in [-0.05, 0) is 37.0 Å². The lowest BCUT2D eigenvalue weighted by atomic mass is 9.83. The molecule has 0 radical (unpaired) electrons. The van der Waals surface area contributed by atoms with Crippen molar-refractivity contribution in [1.82, 2.24) is 9.88 Å². The Morgan fingerprint density at radius 1 is 1.28 bits per heavy atom. The molecule has 3 nitrogen and oxygen atoms in total. The first kappa shape index (κ1) is 18.4. The van der Waals surface area contributed by atoms with E-state index in [1.807, 2.05) is 5.38 Å². The average molecular weight is 370 g/mol. The molecule has 1 aromatic heterocycles. The topological polar surface area (TPSA) is 36.4 Å². The van der Waals surface area contributed by atoms with E-state index in [1.54, 1.807) is 17.4 Å². The summed E-state index contributed by atoms with van der Waals surface area (Å²) in [5, 5.41) is 14.0. The second kappa shape index (κ2) is 7.05. The number of likely N-dealkylation sites (tertiary alicyclic amines) is 1. The van der Waals surface area contributed by atoms with Crippen LogP contribution in [-0.2, 0) is 24.7 Å². The SMILES string of the molecule is CCc1nc(CN2CCC(O)(c3cccc(C(F)(F)F)c3)CC2)cs1. The number of hydrogen-bond acceptors (Lipinski definition) is 4. The fraction of sp³-hybridized carbons (Fsp3) is 0.500. The van der Waals surface area contributed by atoms with Gasteiger partial charge in [0.05, 0.1) is 21.9 Å². The van der Waals surface area contributed by atoms with Crippen LogP contribution in [0.5, 0.6) is 0 Å². The number of hydrogen-bond donors (Lipinski definition) is 1. The molecule has 25 heavy (non-hydrogen) atoms. The number of aryl methyl sites for hydroxylation is 1. The zero-order valence-electron chi connectivity index (χ0n) is 14.0. The highest BCUT2D eigenvalue weighted by Gasteiger charge is 2.37. The predicted octanol–water partition coefficient (Wildman–Crippen LogP) is 4.21. The predicted molar refractivity (Wildman–Crippen MR) is 91.3 cm³/mol. The van der Waals surface area contributed by atoms with Crippen LogP contribution in [0.15, 0.2) is 29.6 Å². The highest BCUT2D eigenvalue weighted by Crippen LogP contribution is 2.37. The fourth-order valence-electron chi connectivity index (χ4n) is 3.17. The smallest absolute Gasteiger partial charge is 0.385 e. The number of halogens is 3. The van der Waals surface area contributed by atoms with Gasteiger partial charge in [-0.15, -0.1) is 11.3 Å². The average Bonchev–Trinajstić information content (AvgIpc) is 3.04. The molecule has 7 heteroatoms. The lowest BCUT2D eigenvalue weighted by Gasteiger charge is -2.38. The molecule has 0 saturated carbocycles. The Morgan fingerprint density at radius 2 is 2.00 bits per heavy atom. The molecule has 3 rings (SSSR count). The molecule has 0 unspecified atom stereocenters. The summed E-state index contributed by atoms with van der Waals surface area (Å²) in [7, 11) is 0. The fourth-order valence-corrected chi connectivity index (χ4v) is 3.90. The lowest BCUT2D eigenvalue weighted by molar-refractivity contribution is -0.137. The summed E-state index contributed by atoms with van der Waals surface area (Å²) in [5.74, 6) is 0. The van der Waals surface area contributed by atoms with Crippen LogP contribution in [0, 0.1) is 0 Å². The van der Waals surface area contributed by atoms with Crippen LogP contribution < -0.4 is 0 Å². The van der Waals surface area contributed by atoms with E-state index in [-0.39, 0.29) is 0 Å². The van der Waals surface area contributed by atoms with Gasteiger partial charge in [-0.25, -0.2) is 4.98 Å². The first-order valence-corrected chi connectivity index (χ1v) is 9.24. The van der Waals surface area contributed by atoms with E-state index >= 15 is 0 Å². The standard InChI is InChI=1S/C18H21F3N2OS/c1-2-16-22-15(12-25-16)11-23-8-6-17(24,7-9-23)13-4-3-5-14(10-13)18(19,20)21/h3-5,10,12,24H,2,6-9,11H2,1H3. The summed E-state index contributed by atoms with van der Waals surface area (Å²) in [6, 6.07) is 5.06. The van der Waals surface area contributed by atoms with E-state index in [0.29, 0.717) is 31.5 Å². The number of benzene rings is 1. The van der Waals surface area contributed by atoms with Crippen molar-refractivity contribution < 1.29 is 18.3 Å². The van der Waals surface area contributed by atoms with E-state index < -0.39 is 17.3 Å². The third-order valence-corrected chi connectivity index (χ3v) is 5.74. The van der Waals surface area contributed by atoms with Crippen molar-refractivity contribution in [1.29, 1.82) is 0 Å². The van der Waals surface area contributed by atoms with Crippen LogP contribution in [-0.4, -0.2) is 28.1 Å². The van der Waals surface area contributed by atoms with Crippen molar-refractivity contribution in [2.45, 2.75) is 44.5 Å². The highest BCUT2D eigenvalue weighted by molar-refractivity contribution is 7.09. The molecule has 2 heterocycles. The first-order valence-electron chi connectivity index (χ1n) is 8.36. The maximum absolute atomic E-state index is 12.9. The van der Waals surface area contributed by atoms with E-state index in [9.17, 15) is 18.3 Å². The van der Waals surface area contributed by atoms with Gasteiger partial charge in [-0.1, -0.05) is 19.1 Å². The molecule has 0 aliphatic carbocycles. The van der Waals surface area contributed by atoms with Gasteiger partial charge in [0.25, 0.3) is 0 Å². The van der Waals surface area contributed by atoms with Gasteiger partial charge < -0.3 is 5.11 Å². The maximum atomic E-state index is 12.9. The quantitative estimate of drug-likeness (QED) is 0.876. The zero-order valence-corrected chi connectivity index (χ0v) is 14.8. The van der Waals surface area contributed by atoms with Crippen molar-refractivity contribution in [3.8, 4) is 0 Å². The van der Waals surface area contributed by atoms with Crippen molar-refractivity contribution in [2.24, 2.45) is 0 Å². The first-order chi connectivity index (χ1) is 11.8. The molecule has 2 aromatic rings. The summed E-state index contributed by atoms with van der Waals surface area (Å²) in [5.41, 5.74) is -0.542. The Kier molecular flexibility index (Phi) is 5.18. The largest absolute Gasteiger partial charge is 0.416 e. The van der Waals surface area contributed by atoms with Gasteiger partial charge in [0, 0.05) is 25.0 Å². The summed E-state index contributed by atoms with van der Waals surface area (Å²) in [6.07, 6.45) is -2.65. The van der Waals surface area contributed by atoms with E-state index in [0.717, 1.165) is 35.8 Å². The molecule has 136 valence electrons. The minimum absolute atomic E-state index is 0.351. The summed E-state index contributed by atoms with van der Waals surface area (Å²) >= 11 is 1.64. The number of aromatic nitrogens is 1. The normalized spacial score (nSPS) is 18.4. The minimum Gasteiger partial charge on any atom is -0.385 e. The van der Waals surface area contributed by atoms with Gasteiger partial charge in [-0.2, -0.15) is 13.2 Å². The number of rotatable bonds is 4. The minimum atomic E-state index is -4.39. The second-order valence-electron chi connectivity index (χ2n) is 6.47. The van der Waals surface area contributed by atoms with Crippen molar-refractivity contribution in [3.05, 3.63) is 51.5 Å². The molecule has 1 aromatic carbocycles. The Hall–Kier alpha value is -1.44. The number of nitrogens with zero attached hydrogens (tertiary/aromatic N) is 2. The van der Waals surface area contributed by atoms with Crippen molar-refractivity contribution in [2.75, 3.05) is 13.1 Å². The number of thiazole rings is 1. The Balaban J connectivity index is 1.66. The zero-order chi connectivity index (χ0) is 18.1. The third-order valence-electron chi connectivity index (χ3n) is 4.70. The molecule has 1 N–H and O–H groups in total. The number of aliphatic hydroxyl groups is 1. The van der Waals surface area contributed by atoms with Crippen molar-refractivity contribution >= 4 is 11.3 Å². The van der Waals surface area contributed by atoms with Gasteiger partial charge in [-0.3, -0.25) is 4.90 Å². The van der Waals surface area contributed by atoms with Crippen LogP contribution in [0.4, 0.5) is 13.2 Å². The molecular weight excluding hydrogens is 349 g/mol. The maximum Gasteiger partial charge on any atom is 0.416 e. The third kappa shape index (κ3) is 4.22. The van der Waals surface area contributed by atoms with E-state index in [2.05, 4.69) is 16.8 Å². The van der Waals surface area contributed by atoms with Crippen molar-refractivity contribution in [3.63, 3.8) is 0 Å². The van der Waals surface area contributed by atoms with Gasteiger partial charge in [0.15, 0.2) is 0 Å². The Morgan fingerprint density at radius 3 is 2.60 bits per heavy atom. The van der Waals surface area contributed by atoms with E-state index in [1.165, 1.54) is 6.07 Å². The van der Waals surface area contributed by atoms with Gasteiger partial charge in [0.1, 0.15) is 0 Å². The molecule has 0 bridgehead atoms. The van der Waals surface area contributed by atoms with Crippen LogP contribution in [0.2, 0.25) is 0 Å². The van der Waals surface area contributed by atoms with Gasteiger partial charge in [0.2, 0.25) is 0 Å². The van der Waals surface area contributed by atoms with Gasteiger partial charge >= 0.3 is 6.18 Å². The van der Waals surface area contributed by atoms with Crippen LogP contribution >= 0.6 is 11.3 Å². The Bertz CT molecular complexity index is 721. The number of piperidine rings is 1. The molecule has 0 atom stereocenters.